The van der Waals surface area contributed by atoms with Crippen LogP contribution in [0.25, 0.3) is 11.1 Å². The molecular weight excluding hydrogens is 410 g/mol. The number of aromatic nitrogens is 1. The summed E-state index contributed by atoms with van der Waals surface area (Å²) in [6.45, 7) is 5.06. The maximum absolute atomic E-state index is 6.22. The van der Waals surface area contributed by atoms with Crippen LogP contribution in [0.3, 0.4) is 0 Å². The summed E-state index contributed by atoms with van der Waals surface area (Å²) in [5.41, 5.74) is 6.27. The Kier molecular flexibility index (Phi) is 6.93. The zero-order chi connectivity index (χ0) is 20.9. The quantitative estimate of drug-likeness (QED) is 0.399. The van der Waals surface area contributed by atoms with Crippen molar-refractivity contribution in [2.45, 2.75) is 38.7 Å². The molecule has 0 amide bonds. The molecule has 4 heteroatoms. The Balaban J connectivity index is 1.35. The Bertz CT molecular complexity index is 999. The van der Waals surface area contributed by atoms with Gasteiger partial charge in [0.1, 0.15) is 5.44 Å². The van der Waals surface area contributed by atoms with E-state index in [1.54, 1.807) is 0 Å². The number of nitrogens with zero attached hydrogens (tertiary/aromatic N) is 1. The minimum absolute atomic E-state index is 0.171. The Labute approximate surface area is 188 Å². The first kappa shape index (κ1) is 21.2. The van der Waals surface area contributed by atoms with Crippen molar-refractivity contribution in [2.24, 2.45) is 5.92 Å². The normalized spacial score (nSPS) is 19.2. The van der Waals surface area contributed by atoms with Gasteiger partial charge in [-0.15, -0.1) is 0 Å². The highest BCUT2D eigenvalue weighted by molar-refractivity contribution is 8.03. The van der Waals surface area contributed by atoms with E-state index in [0.29, 0.717) is 12.5 Å². The molecule has 154 valence electrons. The first-order valence-electron chi connectivity index (χ1n) is 10.3. The summed E-state index contributed by atoms with van der Waals surface area (Å²) in [5.74, 6) is 0.500. The van der Waals surface area contributed by atoms with E-state index in [4.69, 9.17) is 16.3 Å². The molecule has 4 rings (SSSR count). The molecule has 0 N–H and O–H groups in total. The average Bonchev–Trinajstić information content (AvgIpc) is 2.77. The van der Waals surface area contributed by atoms with Crippen LogP contribution in [0, 0.1) is 5.92 Å². The third-order valence-corrected chi connectivity index (χ3v) is 7.02. The number of thioether (sulfide) groups is 1. The number of halogens is 1. The highest BCUT2D eigenvalue weighted by atomic mass is 35.5. The number of rotatable bonds is 6. The van der Waals surface area contributed by atoms with Crippen molar-refractivity contribution in [3.05, 3.63) is 99.7 Å². The van der Waals surface area contributed by atoms with Crippen LogP contribution in [-0.4, -0.2) is 10.4 Å². The van der Waals surface area contributed by atoms with Gasteiger partial charge in [0.05, 0.1) is 12.3 Å². The maximum Gasteiger partial charge on any atom is 0.108 e. The molecule has 2 aromatic carbocycles. The van der Waals surface area contributed by atoms with Gasteiger partial charge < -0.3 is 4.74 Å². The number of benzene rings is 2. The topological polar surface area (TPSA) is 22.1 Å². The number of allylic oxidation sites excluding steroid dienone is 2. The van der Waals surface area contributed by atoms with Gasteiger partial charge in [-0.25, -0.2) is 0 Å². The van der Waals surface area contributed by atoms with E-state index in [2.05, 4.69) is 55.2 Å². The molecule has 2 atom stereocenters. The van der Waals surface area contributed by atoms with E-state index in [9.17, 15) is 0 Å². The molecule has 2 nitrogen and oxygen atoms in total. The molecule has 0 aliphatic carbocycles. The van der Waals surface area contributed by atoms with Gasteiger partial charge in [-0.3, -0.25) is 4.98 Å². The van der Waals surface area contributed by atoms with Crippen LogP contribution < -0.4 is 0 Å². The van der Waals surface area contributed by atoms with Gasteiger partial charge in [0.15, 0.2) is 0 Å². The fraction of sp³-hybridized carbons (Fsp3) is 0.269. The van der Waals surface area contributed by atoms with Gasteiger partial charge in [0.2, 0.25) is 0 Å². The van der Waals surface area contributed by atoms with Crippen LogP contribution in [0.2, 0.25) is 5.02 Å². The Morgan fingerprint density at radius 1 is 1.00 bits per heavy atom. The summed E-state index contributed by atoms with van der Waals surface area (Å²) >= 11 is 7.86. The van der Waals surface area contributed by atoms with Crippen LogP contribution in [0.15, 0.2) is 83.4 Å². The van der Waals surface area contributed by atoms with Gasteiger partial charge in [-0.1, -0.05) is 84.4 Å². The fourth-order valence-electron chi connectivity index (χ4n) is 3.81. The van der Waals surface area contributed by atoms with E-state index in [0.717, 1.165) is 29.1 Å². The van der Waals surface area contributed by atoms with E-state index in [-0.39, 0.29) is 5.44 Å². The molecule has 0 radical (unpaired) electrons. The minimum Gasteiger partial charge on any atom is -0.361 e. The van der Waals surface area contributed by atoms with Crippen LogP contribution in [-0.2, 0) is 17.8 Å². The third kappa shape index (κ3) is 5.34. The Morgan fingerprint density at radius 2 is 1.77 bits per heavy atom. The first-order valence-corrected chi connectivity index (χ1v) is 11.6. The Hall–Kier alpha value is -2.07. The van der Waals surface area contributed by atoms with Crippen molar-refractivity contribution in [1.82, 2.24) is 4.98 Å². The summed E-state index contributed by atoms with van der Waals surface area (Å²) in [6, 6.07) is 22.7. The smallest absolute Gasteiger partial charge is 0.108 e. The molecule has 30 heavy (non-hydrogen) atoms. The summed E-state index contributed by atoms with van der Waals surface area (Å²) in [6.07, 6.45) is 3.93. The number of ether oxygens (including phenoxy) is 1. The molecule has 0 spiro atoms. The van der Waals surface area contributed by atoms with Crippen molar-refractivity contribution in [2.75, 3.05) is 0 Å². The van der Waals surface area contributed by atoms with Crippen molar-refractivity contribution >= 4 is 23.4 Å². The minimum atomic E-state index is 0.171. The molecule has 1 aromatic heterocycles. The van der Waals surface area contributed by atoms with Crippen molar-refractivity contribution in [1.29, 1.82) is 0 Å². The van der Waals surface area contributed by atoms with E-state index in [1.165, 1.54) is 21.6 Å². The zero-order valence-electron chi connectivity index (χ0n) is 17.3. The van der Waals surface area contributed by atoms with Crippen LogP contribution in [0.4, 0.5) is 0 Å². The summed E-state index contributed by atoms with van der Waals surface area (Å²) in [5, 5.41) is 0.786. The zero-order valence-corrected chi connectivity index (χ0v) is 18.9. The second-order valence-electron chi connectivity index (χ2n) is 7.78. The van der Waals surface area contributed by atoms with Gasteiger partial charge >= 0.3 is 0 Å². The van der Waals surface area contributed by atoms with Crippen LogP contribution in [0.1, 0.15) is 31.5 Å². The largest absolute Gasteiger partial charge is 0.361 e. The standard InChI is InChI=1S/C26H26ClNOS/c1-18-14-26(30-19(2)25(18)15-20-8-11-23(27)12-9-20)29-17-24-13-10-22(16-28-24)21-6-4-3-5-7-21/h3-13,16,18,26H,14-15,17H2,1-2H3. The second-order valence-corrected chi connectivity index (χ2v) is 9.59. The van der Waals surface area contributed by atoms with E-state index >= 15 is 0 Å². The lowest BCUT2D eigenvalue weighted by molar-refractivity contribution is 0.0836. The van der Waals surface area contributed by atoms with Crippen molar-refractivity contribution < 1.29 is 4.74 Å². The predicted molar refractivity (Wildman–Crippen MR) is 127 cm³/mol. The average molecular weight is 436 g/mol. The van der Waals surface area contributed by atoms with Crippen molar-refractivity contribution in [3.63, 3.8) is 0 Å². The molecule has 0 saturated heterocycles. The van der Waals surface area contributed by atoms with Gasteiger partial charge in [0.25, 0.3) is 0 Å². The molecule has 3 aromatic rings. The third-order valence-electron chi connectivity index (χ3n) is 5.56. The predicted octanol–water partition coefficient (Wildman–Crippen LogP) is 7.53. The second kappa shape index (κ2) is 9.82. The van der Waals surface area contributed by atoms with E-state index in [1.807, 2.05) is 48.3 Å². The lowest BCUT2D eigenvalue weighted by atomic mass is 9.91. The Morgan fingerprint density at radius 3 is 2.43 bits per heavy atom. The lowest BCUT2D eigenvalue weighted by Gasteiger charge is -2.30. The lowest BCUT2D eigenvalue weighted by Crippen LogP contribution is -2.20. The molecular formula is C26H26ClNOS. The van der Waals surface area contributed by atoms with Crippen LogP contribution in [0.5, 0.6) is 0 Å². The number of hydrogen-bond acceptors (Lipinski definition) is 3. The monoisotopic (exact) mass is 435 g/mol. The summed E-state index contributed by atoms with van der Waals surface area (Å²) in [4.78, 5) is 5.97. The highest BCUT2D eigenvalue weighted by Crippen LogP contribution is 2.40. The maximum atomic E-state index is 6.22. The molecule has 0 saturated carbocycles. The molecule has 1 aliphatic heterocycles. The van der Waals surface area contributed by atoms with Crippen LogP contribution >= 0.6 is 23.4 Å². The van der Waals surface area contributed by atoms with Gasteiger partial charge in [-0.2, -0.15) is 0 Å². The summed E-state index contributed by atoms with van der Waals surface area (Å²) < 4.78 is 6.22. The van der Waals surface area contributed by atoms with E-state index < -0.39 is 0 Å². The van der Waals surface area contributed by atoms with Crippen molar-refractivity contribution in [3.8, 4) is 11.1 Å². The van der Waals surface area contributed by atoms with Gasteiger partial charge in [-0.05, 0) is 59.9 Å². The first-order chi connectivity index (χ1) is 14.6. The number of pyridine rings is 1. The molecule has 0 bridgehead atoms. The number of hydrogen-bond donors (Lipinski definition) is 0. The van der Waals surface area contributed by atoms with Gasteiger partial charge in [0, 0.05) is 16.8 Å². The summed E-state index contributed by atoms with van der Waals surface area (Å²) in [7, 11) is 0. The molecule has 1 aliphatic rings. The fourth-order valence-corrected chi connectivity index (χ4v) is 5.28. The molecule has 0 fully saturated rings. The highest BCUT2D eigenvalue weighted by Gasteiger charge is 2.26. The molecule has 2 unspecified atom stereocenters. The molecule has 2 heterocycles. The SMILES string of the molecule is CC1=C(Cc2ccc(Cl)cc2)C(C)CC(OCc2ccc(-c3ccccc3)cn2)S1.